The zero-order valence-corrected chi connectivity index (χ0v) is 13.3. The second-order valence-electron chi connectivity index (χ2n) is 3.68. The van der Waals surface area contributed by atoms with Crippen LogP contribution in [0.5, 0.6) is 0 Å². The Morgan fingerprint density at radius 2 is 1.55 bits per heavy atom. The fourth-order valence-electron chi connectivity index (χ4n) is 0.463. The molecule has 0 aromatic rings. The van der Waals surface area contributed by atoms with Crippen molar-refractivity contribution in [1.82, 2.24) is 0 Å². The topological polar surface area (TPSA) is 110 Å². The van der Waals surface area contributed by atoms with Crippen LogP contribution in [0.4, 0.5) is 0 Å². The van der Waals surface area contributed by atoms with Crippen LogP contribution in [-0.2, 0) is 23.9 Å². The van der Waals surface area contributed by atoms with E-state index >= 15 is 0 Å². The summed E-state index contributed by atoms with van der Waals surface area (Å²) in [6.07, 6.45) is 1.14. The molecule has 0 aromatic carbocycles. The van der Waals surface area contributed by atoms with Crippen LogP contribution in [0, 0.1) is 0 Å². The molecule has 0 aliphatic heterocycles. The number of hydrogen-bond donors (Lipinski definition) is 2. The van der Waals surface area contributed by atoms with E-state index in [1.807, 2.05) is 0 Å². The first kappa shape index (κ1) is 24.6. The van der Waals surface area contributed by atoms with E-state index in [4.69, 9.17) is 10.2 Å². The standard InChI is InChI=1S/C6H10O3.C5H8O2.C4H6O2/c1-5(2)6(8)9-4-3-7;1-3-5(6)7-4-2;1-3(2)4(5)6/h7H,1,3-4H2,2H3;3H,1,4H2,2H3;1H2,2H3,(H,5,6). The van der Waals surface area contributed by atoms with Gasteiger partial charge in [0, 0.05) is 17.2 Å². The van der Waals surface area contributed by atoms with Crippen LogP contribution in [0.1, 0.15) is 20.8 Å². The van der Waals surface area contributed by atoms with Crippen LogP contribution < -0.4 is 0 Å². The summed E-state index contributed by atoms with van der Waals surface area (Å²) in [7, 11) is 0. The third kappa shape index (κ3) is 22.7. The molecular formula is C15H24O7. The number of rotatable bonds is 6. The first-order valence-corrected chi connectivity index (χ1v) is 6.25. The third-order valence-corrected chi connectivity index (χ3v) is 1.49. The Morgan fingerprint density at radius 3 is 1.73 bits per heavy atom. The zero-order valence-electron chi connectivity index (χ0n) is 13.3. The molecule has 22 heavy (non-hydrogen) atoms. The van der Waals surface area contributed by atoms with E-state index in [2.05, 4.69) is 29.2 Å². The molecule has 0 atom stereocenters. The highest BCUT2D eigenvalue weighted by molar-refractivity contribution is 5.86. The Kier molecular flexibility index (Phi) is 18.6. The maximum Gasteiger partial charge on any atom is 0.333 e. The molecule has 0 fully saturated rings. The molecule has 0 bridgehead atoms. The van der Waals surface area contributed by atoms with Crippen molar-refractivity contribution in [2.24, 2.45) is 0 Å². The van der Waals surface area contributed by atoms with Crippen molar-refractivity contribution in [3.05, 3.63) is 37.0 Å². The summed E-state index contributed by atoms with van der Waals surface area (Å²) in [5.74, 6) is -1.75. The van der Waals surface area contributed by atoms with Crippen LogP contribution in [0.25, 0.3) is 0 Å². The van der Waals surface area contributed by atoms with Gasteiger partial charge in [0.25, 0.3) is 0 Å². The lowest BCUT2D eigenvalue weighted by Crippen LogP contribution is -2.08. The van der Waals surface area contributed by atoms with Crippen molar-refractivity contribution in [2.45, 2.75) is 20.8 Å². The molecule has 0 radical (unpaired) electrons. The van der Waals surface area contributed by atoms with E-state index in [-0.39, 0.29) is 24.8 Å². The highest BCUT2D eigenvalue weighted by Gasteiger charge is 1.99. The first-order valence-electron chi connectivity index (χ1n) is 6.25. The van der Waals surface area contributed by atoms with Crippen LogP contribution in [0.2, 0.25) is 0 Å². The summed E-state index contributed by atoms with van der Waals surface area (Å²) in [5.41, 5.74) is 0.526. The zero-order chi connectivity index (χ0) is 18.1. The van der Waals surface area contributed by atoms with E-state index in [9.17, 15) is 14.4 Å². The van der Waals surface area contributed by atoms with Crippen LogP contribution >= 0.6 is 0 Å². The number of aliphatic carboxylic acids is 1. The SMILES string of the molecule is C=C(C)C(=O)O.C=C(C)C(=O)OCCO.C=CC(=O)OCC. The van der Waals surface area contributed by atoms with Crippen molar-refractivity contribution in [1.29, 1.82) is 0 Å². The van der Waals surface area contributed by atoms with E-state index < -0.39 is 11.9 Å². The van der Waals surface area contributed by atoms with Crippen molar-refractivity contribution in [2.75, 3.05) is 19.8 Å². The smallest absolute Gasteiger partial charge is 0.333 e. The number of carboxylic acids is 1. The number of carbonyl (C=O) groups is 3. The molecule has 126 valence electrons. The van der Waals surface area contributed by atoms with Crippen LogP contribution in [-0.4, -0.2) is 47.9 Å². The number of aliphatic hydroxyl groups excluding tert-OH is 1. The lowest BCUT2D eigenvalue weighted by molar-refractivity contribution is -0.140. The number of ether oxygens (including phenoxy) is 2. The quantitative estimate of drug-likeness (QED) is 0.564. The minimum absolute atomic E-state index is 0.0473. The van der Waals surface area contributed by atoms with Crippen molar-refractivity contribution in [3.8, 4) is 0 Å². The monoisotopic (exact) mass is 316 g/mol. The summed E-state index contributed by atoms with van der Waals surface area (Å²) in [5, 5.41) is 16.1. The van der Waals surface area contributed by atoms with Crippen molar-refractivity contribution in [3.63, 3.8) is 0 Å². The largest absolute Gasteiger partial charge is 0.478 e. The molecule has 0 aliphatic carbocycles. The molecule has 0 rings (SSSR count). The third-order valence-electron chi connectivity index (χ3n) is 1.49. The Morgan fingerprint density at radius 1 is 1.09 bits per heavy atom. The van der Waals surface area contributed by atoms with Gasteiger partial charge in [0.1, 0.15) is 6.61 Å². The number of carbonyl (C=O) groups excluding carboxylic acids is 2. The van der Waals surface area contributed by atoms with E-state index in [1.165, 1.54) is 6.92 Å². The highest BCUT2D eigenvalue weighted by atomic mass is 16.5. The fourth-order valence-corrected chi connectivity index (χ4v) is 0.463. The van der Waals surface area contributed by atoms with Crippen molar-refractivity contribution >= 4 is 17.9 Å². The maximum absolute atomic E-state index is 10.5. The molecule has 0 aliphatic rings. The molecule has 2 N–H and O–H groups in total. The Labute approximate surface area is 130 Å². The molecule has 0 aromatic heterocycles. The molecule has 0 amide bonds. The van der Waals surface area contributed by atoms with Crippen LogP contribution in [0.15, 0.2) is 37.0 Å². The summed E-state index contributed by atoms with van der Waals surface area (Å²) < 4.78 is 8.90. The van der Waals surface area contributed by atoms with Crippen molar-refractivity contribution < 1.29 is 34.1 Å². The molecule has 7 heteroatoms. The Hall–Kier alpha value is -2.41. The van der Waals surface area contributed by atoms with Gasteiger partial charge in [-0.3, -0.25) is 0 Å². The lowest BCUT2D eigenvalue weighted by atomic mass is 10.4. The normalized spacial score (nSPS) is 8.00. The Bertz CT molecular complexity index is 385. The van der Waals surface area contributed by atoms with Gasteiger partial charge in [0.05, 0.1) is 13.2 Å². The molecule has 0 saturated heterocycles. The van der Waals surface area contributed by atoms with Gasteiger partial charge in [-0.1, -0.05) is 19.7 Å². The lowest BCUT2D eigenvalue weighted by Gasteiger charge is -1.99. The van der Waals surface area contributed by atoms with Gasteiger partial charge in [-0.05, 0) is 20.8 Å². The van der Waals surface area contributed by atoms with Gasteiger partial charge in [0.15, 0.2) is 0 Å². The predicted octanol–water partition coefficient (Wildman–Crippen LogP) is 1.48. The van der Waals surface area contributed by atoms with Gasteiger partial charge >= 0.3 is 17.9 Å². The Balaban J connectivity index is -0.000000252. The maximum atomic E-state index is 10.5. The number of aliphatic hydroxyl groups is 1. The minimum Gasteiger partial charge on any atom is -0.478 e. The fraction of sp³-hybridized carbons (Fsp3) is 0.400. The van der Waals surface area contributed by atoms with Gasteiger partial charge in [-0.2, -0.15) is 0 Å². The predicted molar refractivity (Wildman–Crippen MR) is 82.1 cm³/mol. The van der Waals surface area contributed by atoms with Gasteiger partial charge in [0.2, 0.25) is 0 Å². The number of hydrogen-bond acceptors (Lipinski definition) is 6. The van der Waals surface area contributed by atoms with E-state index in [0.29, 0.717) is 12.2 Å². The first-order chi connectivity index (χ1) is 10.1. The summed E-state index contributed by atoms with van der Waals surface area (Å²) in [4.78, 5) is 30.1. The summed E-state index contributed by atoms with van der Waals surface area (Å²) in [6.45, 7) is 14.8. The van der Waals surface area contributed by atoms with Gasteiger partial charge in [-0.25, -0.2) is 14.4 Å². The minimum atomic E-state index is -0.935. The van der Waals surface area contributed by atoms with Crippen LogP contribution in [0.3, 0.4) is 0 Å². The number of esters is 2. The molecule has 0 spiro atoms. The average molecular weight is 316 g/mol. The summed E-state index contributed by atoms with van der Waals surface area (Å²) >= 11 is 0. The second-order valence-corrected chi connectivity index (χ2v) is 3.68. The highest BCUT2D eigenvalue weighted by Crippen LogP contribution is 1.89. The number of carboxylic acid groups (broad SMARTS) is 1. The molecule has 0 heterocycles. The molecular weight excluding hydrogens is 292 g/mol. The second kappa shape index (κ2) is 16.6. The van der Waals surface area contributed by atoms with E-state index in [1.54, 1.807) is 13.8 Å². The molecule has 0 unspecified atom stereocenters. The van der Waals surface area contributed by atoms with Gasteiger partial charge < -0.3 is 19.7 Å². The van der Waals surface area contributed by atoms with E-state index in [0.717, 1.165) is 6.08 Å². The van der Waals surface area contributed by atoms with Gasteiger partial charge in [-0.15, -0.1) is 0 Å². The summed E-state index contributed by atoms with van der Waals surface area (Å²) in [6, 6.07) is 0. The average Bonchev–Trinajstić information content (AvgIpc) is 2.45. The molecule has 0 saturated carbocycles. The molecule has 7 nitrogen and oxygen atoms in total.